The molecule has 1 aliphatic heterocycles. The maximum Gasteiger partial charge on any atom is 0.237 e. The van der Waals surface area contributed by atoms with E-state index in [1.165, 1.54) is 23.7 Å². The van der Waals surface area contributed by atoms with Crippen molar-refractivity contribution in [1.82, 2.24) is 19.9 Å². The molecule has 220 valence electrons. The molecule has 4 aromatic rings. The van der Waals surface area contributed by atoms with Crippen LogP contribution in [0.15, 0.2) is 48.9 Å². The summed E-state index contributed by atoms with van der Waals surface area (Å²) in [6, 6.07) is 8.97. The van der Waals surface area contributed by atoms with Gasteiger partial charge in [0.1, 0.15) is 17.0 Å². The van der Waals surface area contributed by atoms with Crippen LogP contribution in [-0.2, 0) is 10.0 Å². The average Bonchev–Trinajstić information content (AvgIpc) is 3.85. The number of anilines is 6. The molecule has 1 saturated carbocycles. The largest absolute Gasteiger partial charge is 0.495 e. The van der Waals surface area contributed by atoms with Crippen molar-refractivity contribution in [3.8, 4) is 5.75 Å². The molecule has 2 aromatic heterocycles. The number of nitrogens with one attached hydrogen (secondary N) is 2. The molecule has 6 rings (SSSR count). The third-order valence-electron chi connectivity index (χ3n) is 7.51. The number of rotatable bonds is 9. The minimum Gasteiger partial charge on any atom is -0.495 e. The van der Waals surface area contributed by atoms with Crippen molar-refractivity contribution in [3.05, 3.63) is 54.7 Å². The Balaban J connectivity index is 1.33. The zero-order chi connectivity index (χ0) is 29.4. The van der Waals surface area contributed by atoms with Crippen molar-refractivity contribution >= 4 is 55.6 Å². The SMILES string of the molecule is COc1ccc(N2CCC(O)CC2)cc1Nc1ncc(F)c(Nc2ccc3nccnc3c2N(C)S(=O)(=O)C2CC2)n1. The Bertz CT molecular complexity index is 1730. The average molecular weight is 595 g/mol. The number of sulfonamides is 1. The van der Waals surface area contributed by atoms with Gasteiger partial charge in [-0.2, -0.15) is 4.98 Å². The molecule has 0 radical (unpaired) electrons. The standard InChI is InChI=1S/C28H31FN8O4S/c1-36(42(39,40)19-4-5-19)26-22(7-6-21-25(26)31-12-11-30-21)33-27-20(29)16-32-28(35-27)34-23-15-17(3-8-24(23)41-2)37-13-9-18(38)10-14-37/h3,6-8,11-12,15-16,18-19,38H,4-5,9-10,13-14H2,1-2H3,(H2,32,33,34,35). The van der Waals surface area contributed by atoms with Crippen LogP contribution in [0.25, 0.3) is 11.0 Å². The van der Waals surface area contributed by atoms with Gasteiger partial charge in [0.15, 0.2) is 11.6 Å². The number of aliphatic hydroxyl groups excluding tert-OH is 1. The topological polar surface area (TPSA) is 146 Å². The zero-order valence-corrected chi connectivity index (χ0v) is 24.0. The number of aromatic nitrogens is 4. The Morgan fingerprint density at radius 2 is 1.79 bits per heavy atom. The van der Waals surface area contributed by atoms with Crippen LogP contribution in [0.1, 0.15) is 25.7 Å². The van der Waals surface area contributed by atoms with E-state index < -0.39 is 21.1 Å². The maximum atomic E-state index is 15.1. The van der Waals surface area contributed by atoms with Gasteiger partial charge in [0.2, 0.25) is 16.0 Å². The third kappa shape index (κ3) is 5.46. The Morgan fingerprint density at radius 3 is 2.52 bits per heavy atom. The van der Waals surface area contributed by atoms with Crippen molar-refractivity contribution in [2.45, 2.75) is 37.0 Å². The van der Waals surface area contributed by atoms with Crippen LogP contribution >= 0.6 is 0 Å². The van der Waals surface area contributed by atoms with E-state index in [-0.39, 0.29) is 23.6 Å². The van der Waals surface area contributed by atoms with Crippen LogP contribution in [0, 0.1) is 5.82 Å². The highest BCUT2D eigenvalue weighted by molar-refractivity contribution is 7.93. The van der Waals surface area contributed by atoms with Crippen LogP contribution in [0.2, 0.25) is 0 Å². The second-order valence-electron chi connectivity index (χ2n) is 10.3. The first-order valence-corrected chi connectivity index (χ1v) is 15.1. The molecule has 14 heteroatoms. The summed E-state index contributed by atoms with van der Waals surface area (Å²) in [6.07, 6.45) is 6.29. The normalized spacial score (nSPS) is 16.0. The number of hydrogen-bond donors (Lipinski definition) is 3. The van der Waals surface area contributed by atoms with Gasteiger partial charge >= 0.3 is 0 Å². The molecule has 2 fully saturated rings. The zero-order valence-electron chi connectivity index (χ0n) is 23.2. The molecule has 0 amide bonds. The van der Waals surface area contributed by atoms with Crippen LogP contribution in [0.3, 0.4) is 0 Å². The number of piperidine rings is 1. The van der Waals surface area contributed by atoms with Crippen molar-refractivity contribution in [1.29, 1.82) is 0 Å². The highest BCUT2D eigenvalue weighted by Gasteiger charge is 2.40. The van der Waals surface area contributed by atoms with Crippen LogP contribution in [0.5, 0.6) is 5.75 Å². The Labute approximate surface area is 242 Å². The fourth-order valence-electron chi connectivity index (χ4n) is 5.04. The van der Waals surface area contributed by atoms with Gasteiger partial charge in [0, 0.05) is 38.2 Å². The first-order valence-electron chi connectivity index (χ1n) is 13.6. The molecule has 3 heterocycles. The summed E-state index contributed by atoms with van der Waals surface area (Å²) in [5.74, 6) is -0.245. The summed E-state index contributed by atoms with van der Waals surface area (Å²) in [5.41, 5.74) is 2.92. The van der Waals surface area contributed by atoms with Crippen molar-refractivity contribution in [2.75, 3.05) is 47.1 Å². The molecule has 1 aliphatic carbocycles. The molecular weight excluding hydrogens is 563 g/mol. The van der Waals surface area contributed by atoms with Crippen LogP contribution in [0.4, 0.5) is 38.9 Å². The second kappa shape index (κ2) is 11.2. The monoisotopic (exact) mass is 594 g/mol. The number of aliphatic hydroxyl groups is 1. The molecule has 12 nitrogen and oxygen atoms in total. The summed E-state index contributed by atoms with van der Waals surface area (Å²) >= 11 is 0. The molecule has 0 spiro atoms. The number of halogens is 1. The minimum absolute atomic E-state index is 0.101. The first-order chi connectivity index (χ1) is 20.2. The Hall–Kier alpha value is -4.30. The van der Waals surface area contributed by atoms with Crippen molar-refractivity contribution in [3.63, 3.8) is 0 Å². The number of methoxy groups -OCH3 is 1. The third-order valence-corrected chi connectivity index (χ3v) is 9.77. The van der Waals surface area contributed by atoms with Gasteiger partial charge in [-0.05, 0) is 56.0 Å². The molecule has 3 N–H and O–H groups in total. The number of benzene rings is 2. The first kappa shape index (κ1) is 27.8. The van der Waals surface area contributed by atoms with Gasteiger partial charge in [-0.1, -0.05) is 0 Å². The number of fused-ring (bicyclic) bond motifs is 1. The van der Waals surface area contributed by atoms with E-state index in [0.29, 0.717) is 53.8 Å². The number of nitrogens with zero attached hydrogens (tertiary/aromatic N) is 6. The van der Waals surface area contributed by atoms with E-state index in [1.54, 1.807) is 19.2 Å². The molecule has 0 unspecified atom stereocenters. The van der Waals surface area contributed by atoms with E-state index in [0.717, 1.165) is 25.0 Å². The fraction of sp³-hybridized carbons (Fsp3) is 0.357. The van der Waals surface area contributed by atoms with Crippen LogP contribution in [-0.4, -0.2) is 72.1 Å². The van der Waals surface area contributed by atoms with Gasteiger partial charge < -0.3 is 25.4 Å². The van der Waals surface area contributed by atoms with E-state index in [9.17, 15) is 13.5 Å². The smallest absolute Gasteiger partial charge is 0.237 e. The summed E-state index contributed by atoms with van der Waals surface area (Å²) in [6.45, 7) is 1.44. The van der Waals surface area contributed by atoms with Crippen molar-refractivity contribution in [2.24, 2.45) is 0 Å². The summed E-state index contributed by atoms with van der Waals surface area (Å²) in [4.78, 5) is 19.3. The van der Waals surface area contributed by atoms with E-state index in [4.69, 9.17) is 4.74 Å². The van der Waals surface area contributed by atoms with Gasteiger partial charge in [-0.3, -0.25) is 14.3 Å². The predicted octanol–water partition coefficient (Wildman–Crippen LogP) is 3.94. The van der Waals surface area contributed by atoms with E-state index in [2.05, 4.69) is 35.5 Å². The molecule has 2 aromatic carbocycles. The molecule has 0 atom stereocenters. The molecule has 42 heavy (non-hydrogen) atoms. The molecule has 0 bridgehead atoms. The highest BCUT2D eigenvalue weighted by atomic mass is 32.2. The highest BCUT2D eigenvalue weighted by Crippen LogP contribution is 2.40. The summed E-state index contributed by atoms with van der Waals surface area (Å²) in [5, 5.41) is 15.5. The minimum atomic E-state index is -3.65. The predicted molar refractivity (Wildman–Crippen MR) is 159 cm³/mol. The lowest BCUT2D eigenvalue weighted by Gasteiger charge is -2.32. The van der Waals surface area contributed by atoms with E-state index in [1.807, 2.05) is 18.2 Å². The summed E-state index contributed by atoms with van der Waals surface area (Å²) in [7, 11) is -0.639. The summed E-state index contributed by atoms with van der Waals surface area (Å²) < 4.78 is 48.2. The van der Waals surface area contributed by atoms with Gasteiger partial charge in [0.25, 0.3) is 0 Å². The quantitative estimate of drug-likeness (QED) is 0.259. The molecular formula is C28H31FN8O4S. The maximum absolute atomic E-state index is 15.1. The number of hydrogen-bond acceptors (Lipinski definition) is 11. The Morgan fingerprint density at radius 1 is 1.02 bits per heavy atom. The van der Waals surface area contributed by atoms with Crippen LogP contribution < -0.4 is 24.6 Å². The lowest BCUT2D eigenvalue weighted by molar-refractivity contribution is 0.145. The number of ether oxygens (including phenoxy) is 1. The van der Waals surface area contributed by atoms with E-state index >= 15 is 4.39 Å². The Kier molecular flexibility index (Phi) is 7.41. The van der Waals surface area contributed by atoms with Gasteiger partial charge in [0.05, 0.1) is 41.6 Å². The van der Waals surface area contributed by atoms with Crippen molar-refractivity contribution < 1.29 is 22.7 Å². The molecule has 2 aliphatic rings. The fourth-order valence-corrected chi connectivity index (χ4v) is 6.65. The lowest BCUT2D eigenvalue weighted by Crippen LogP contribution is -2.35. The van der Waals surface area contributed by atoms with Gasteiger partial charge in [-0.15, -0.1) is 0 Å². The molecule has 1 saturated heterocycles. The van der Waals surface area contributed by atoms with Gasteiger partial charge in [-0.25, -0.2) is 17.8 Å². The lowest BCUT2D eigenvalue weighted by atomic mass is 10.1. The second-order valence-corrected chi connectivity index (χ2v) is 12.6.